The molecule has 0 bridgehead atoms. The number of anilines is 1. The summed E-state index contributed by atoms with van der Waals surface area (Å²) in [6.45, 7) is 3.94. The molecule has 0 spiro atoms. The molecule has 0 atom stereocenters. The number of halogens is 2. The van der Waals surface area contributed by atoms with Gasteiger partial charge < -0.3 is 10.1 Å². The molecule has 0 aliphatic heterocycles. The van der Waals surface area contributed by atoms with Crippen LogP contribution in [0.2, 0.25) is 10.0 Å². The number of benzene rings is 2. The van der Waals surface area contributed by atoms with Gasteiger partial charge in [-0.25, -0.2) is 0 Å². The minimum absolute atomic E-state index is 0.119. The molecule has 0 unspecified atom stereocenters. The fraction of sp³-hybridized carbons (Fsp3) is 0.200. The quantitative estimate of drug-likeness (QED) is 0.377. The number of nitro groups is 1. The van der Waals surface area contributed by atoms with E-state index in [1.54, 1.807) is 35.9 Å². The normalized spacial score (nSPS) is 10.7. The molecule has 1 amide bonds. The molecule has 0 saturated heterocycles. The van der Waals surface area contributed by atoms with Crippen molar-refractivity contribution in [3.05, 3.63) is 74.0 Å². The van der Waals surface area contributed by atoms with Gasteiger partial charge in [0.05, 0.1) is 39.6 Å². The molecular weight excluding hydrogens is 431 g/mol. The number of nitrogens with one attached hydrogen (secondary N) is 1. The number of carbonyl (C=O) groups excluding carboxylic acids is 1. The Bertz CT molecular complexity index is 1100. The molecule has 3 aromatic rings. The summed E-state index contributed by atoms with van der Waals surface area (Å²) < 4.78 is 7.32. The number of amides is 1. The molecule has 30 heavy (non-hydrogen) atoms. The number of nitrogens with zero attached hydrogens (tertiary/aromatic N) is 3. The fourth-order valence-corrected chi connectivity index (χ4v) is 3.04. The van der Waals surface area contributed by atoms with E-state index in [9.17, 15) is 14.9 Å². The molecule has 0 fully saturated rings. The Morgan fingerprint density at radius 2 is 1.87 bits per heavy atom. The molecule has 156 valence electrons. The van der Waals surface area contributed by atoms with E-state index in [0.717, 1.165) is 5.69 Å². The van der Waals surface area contributed by atoms with Crippen molar-refractivity contribution in [2.75, 3.05) is 5.32 Å². The van der Waals surface area contributed by atoms with Gasteiger partial charge in [0.2, 0.25) is 5.91 Å². The van der Waals surface area contributed by atoms with Crippen LogP contribution in [-0.4, -0.2) is 20.6 Å². The zero-order chi connectivity index (χ0) is 21.8. The lowest BCUT2D eigenvalue weighted by molar-refractivity contribution is -0.384. The predicted octanol–water partition coefficient (Wildman–Crippen LogP) is 5.54. The first-order valence-corrected chi connectivity index (χ1v) is 9.71. The van der Waals surface area contributed by atoms with Crippen LogP contribution in [0, 0.1) is 24.0 Å². The molecule has 0 saturated carbocycles. The molecule has 1 aromatic heterocycles. The van der Waals surface area contributed by atoms with Crippen LogP contribution in [0.25, 0.3) is 0 Å². The van der Waals surface area contributed by atoms with E-state index in [1.807, 2.05) is 6.92 Å². The fourth-order valence-electron chi connectivity index (χ4n) is 2.78. The number of rotatable bonds is 7. The Balaban J connectivity index is 1.72. The zero-order valence-corrected chi connectivity index (χ0v) is 17.7. The van der Waals surface area contributed by atoms with Gasteiger partial charge in [0.15, 0.2) is 0 Å². The maximum absolute atomic E-state index is 12.4. The molecule has 0 aliphatic rings. The van der Waals surface area contributed by atoms with Crippen molar-refractivity contribution < 1.29 is 14.5 Å². The van der Waals surface area contributed by atoms with Crippen LogP contribution in [0.15, 0.2) is 42.5 Å². The van der Waals surface area contributed by atoms with Gasteiger partial charge in [-0.1, -0.05) is 23.2 Å². The Morgan fingerprint density at radius 1 is 1.17 bits per heavy atom. The smallest absolute Gasteiger partial charge is 0.275 e. The standard InChI is InChI=1S/C20H18Cl2N4O4/c1-12-20(22)13(2)25(24-12)8-7-19(27)23-15-9-16(26(28)29)11-18(10-15)30-17-5-3-14(21)4-6-17/h3-6,9-11H,7-8H2,1-2H3,(H,23,27). The summed E-state index contributed by atoms with van der Waals surface area (Å²) in [6, 6.07) is 10.6. The van der Waals surface area contributed by atoms with Crippen molar-refractivity contribution in [2.45, 2.75) is 26.8 Å². The number of carbonyl (C=O) groups is 1. The lowest BCUT2D eigenvalue weighted by Crippen LogP contribution is -2.15. The van der Waals surface area contributed by atoms with Gasteiger partial charge in [-0.2, -0.15) is 5.10 Å². The Hall–Kier alpha value is -3.10. The number of ether oxygens (including phenoxy) is 1. The molecule has 0 aliphatic carbocycles. The molecule has 2 aromatic carbocycles. The lowest BCUT2D eigenvalue weighted by Gasteiger charge is -2.10. The monoisotopic (exact) mass is 448 g/mol. The first kappa shape index (κ1) is 21.6. The van der Waals surface area contributed by atoms with Gasteiger partial charge in [0.25, 0.3) is 5.69 Å². The van der Waals surface area contributed by atoms with Gasteiger partial charge in [-0.3, -0.25) is 19.6 Å². The van der Waals surface area contributed by atoms with Crippen LogP contribution in [0.1, 0.15) is 17.8 Å². The Morgan fingerprint density at radius 3 is 2.47 bits per heavy atom. The Kier molecular flexibility index (Phi) is 6.59. The highest BCUT2D eigenvalue weighted by Gasteiger charge is 2.14. The number of non-ortho nitro benzene ring substituents is 1. The van der Waals surface area contributed by atoms with Crippen molar-refractivity contribution >= 4 is 40.5 Å². The van der Waals surface area contributed by atoms with Crippen LogP contribution in [0.3, 0.4) is 0 Å². The minimum atomic E-state index is -0.553. The number of hydrogen-bond donors (Lipinski definition) is 1. The highest BCUT2D eigenvalue weighted by Crippen LogP contribution is 2.30. The average Bonchev–Trinajstić information content (AvgIpc) is 2.94. The third-order valence-corrected chi connectivity index (χ3v) is 5.08. The molecule has 10 heteroatoms. The highest BCUT2D eigenvalue weighted by molar-refractivity contribution is 6.31. The summed E-state index contributed by atoms with van der Waals surface area (Å²) in [5.74, 6) is 0.349. The third kappa shape index (κ3) is 5.28. The number of aryl methyl sites for hydroxylation is 2. The van der Waals surface area contributed by atoms with E-state index in [4.69, 9.17) is 27.9 Å². The first-order chi connectivity index (χ1) is 14.2. The summed E-state index contributed by atoms with van der Waals surface area (Å²) >= 11 is 12.0. The minimum Gasteiger partial charge on any atom is -0.457 e. The van der Waals surface area contributed by atoms with E-state index < -0.39 is 4.92 Å². The summed E-state index contributed by atoms with van der Waals surface area (Å²) in [4.78, 5) is 23.1. The second kappa shape index (κ2) is 9.15. The van der Waals surface area contributed by atoms with E-state index in [2.05, 4.69) is 10.4 Å². The number of hydrogen-bond acceptors (Lipinski definition) is 5. The highest BCUT2D eigenvalue weighted by atomic mass is 35.5. The SMILES string of the molecule is Cc1nn(CCC(=O)Nc2cc(Oc3ccc(Cl)cc3)cc([N+](=O)[O-])c2)c(C)c1Cl. The molecule has 3 rings (SSSR count). The van der Waals surface area contributed by atoms with Gasteiger partial charge in [0.1, 0.15) is 11.5 Å². The Labute approximate surface area is 182 Å². The van der Waals surface area contributed by atoms with E-state index >= 15 is 0 Å². The molecule has 8 nitrogen and oxygen atoms in total. The topological polar surface area (TPSA) is 99.3 Å². The predicted molar refractivity (Wildman–Crippen MR) is 115 cm³/mol. The first-order valence-electron chi connectivity index (χ1n) is 8.95. The van der Waals surface area contributed by atoms with Gasteiger partial charge in [0, 0.05) is 23.6 Å². The van der Waals surface area contributed by atoms with Crippen molar-refractivity contribution in [3.8, 4) is 11.5 Å². The van der Waals surface area contributed by atoms with Gasteiger partial charge >= 0.3 is 0 Å². The lowest BCUT2D eigenvalue weighted by atomic mass is 10.2. The van der Waals surface area contributed by atoms with Crippen LogP contribution < -0.4 is 10.1 Å². The second-order valence-electron chi connectivity index (χ2n) is 6.53. The summed E-state index contributed by atoms with van der Waals surface area (Å²) in [5.41, 5.74) is 1.51. The van der Waals surface area contributed by atoms with Crippen molar-refractivity contribution in [3.63, 3.8) is 0 Å². The zero-order valence-electron chi connectivity index (χ0n) is 16.2. The van der Waals surface area contributed by atoms with E-state index in [-0.39, 0.29) is 29.5 Å². The molecule has 1 N–H and O–H groups in total. The van der Waals surface area contributed by atoms with Crippen LogP contribution >= 0.6 is 23.2 Å². The maximum Gasteiger partial charge on any atom is 0.275 e. The molecule has 1 heterocycles. The van der Waals surface area contributed by atoms with Crippen molar-refractivity contribution in [2.24, 2.45) is 0 Å². The van der Waals surface area contributed by atoms with Crippen molar-refractivity contribution in [1.29, 1.82) is 0 Å². The summed E-state index contributed by atoms with van der Waals surface area (Å²) in [7, 11) is 0. The second-order valence-corrected chi connectivity index (χ2v) is 7.35. The largest absolute Gasteiger partial charge is 0.457 e. The van der Waals surface area contributed by atoms with Gasteiger partial charge in [-0.15, -0.1) is 0 Å². The third-order valence-electron chi connectivity index (χ3n) is 4.28. The number of nitro benzene ring substituents is 1. The van der Waals surface area contributed by atoms with Crippen LogP contribution in [-0.2, 0) is 11.3 Å². The molecule has 0 radical (unpaired) electrons. The van der Waals surface area contributed by atoms with Crippen LogP contribution in [0.4, 0.5) is 11.4 Å². The van der Waals surface area contributed by atoms with E-state index in [1.165, 1.54) is 18.2 Å². The van der Waals surface area contributed by atoms with Gasteiger partial charge in [-0.05, 0) is 38.1 Å². The summed E-state index contributed by atoms with van der Waals surface area (Å²) in [6.07, 6.45) is 0.119. The van der Waals surface area contributed by atoms with Crippen LogP contribution in [0.5, 0.6) is 11.5 Å². The van der Waals surface area contributed by atoms with Crippen molar-refractivity contribution in [1.82, 2.24) is 9.78 Å². The average molecular weight is 449 g/mol. The number of aromatic nitrogens is 2. The molecular formula is C20H18Cl2N4O4. The maximum atomic E-state index is 12.4. The van der Waals surface area contributed by atoms with E-state index in [0.29, 0.717) is 28.0 Å². The summed E-state index contributed by atoms with van der Waals surface area (Å²) in [5, 5.41) is 19.3.